The van der Waals surface area contributed by atoms with Crippen molar-refractivity contribution in [3.63, 3.8) is 0 Å². The molecule has 0 amide bonds. The number of aromatic nitrogens is 1. The van der Waals surface area contributed by atoms with Gasteiger partial charge in [-0.15, -0.1) is 0 Å². The Labute approximate surface area is 123 Å². The molecule has 0 bridgehead atoms. The lowest BCUT2D eigenvalue weighted by Crippen LogP contribution is -2.43. The Morgan fingerprint density at radius 1 is 1.45 bits per heavy atom. The van der Waals surface area contributed by atoms with E-state index in [0.717, 1.165) is 25.7 Å². The molecule has 1 N–H and O–H groups in total. The minimum atomic E-state index is -3.69. The lowest BCUT2D eigenvalue weighted by atomic mass is 9.96. The number of pyridine rings is 1. The Hall–Kier alpha value is -1.10. The largest absolute Gasteiger partial charge is 0.244 e. The normalized spacial score (nSPS) is 23.2. The summed E-state index contributed by atoms with van der Waals surface area (Å²) in [6, 6.07) is 4.71. The fraction of sp³-hybridized carbons (Fsp3) is 0.538. The zero-order chi connectivity index (χ0) is 14.6. The van der Waals surface area contributed by atoms with Crippen LogP contribution < -0.4 is 4.72 Å². The van der Waals surface area contributed by atoms with E-state index >= 15 is 0 Å². The number of nitrogens with one attached hydrogen (secondary N) is 1. The number of hydrogen-bond acceptors (Lipinski definition) is 5. The quantitative estimate of drug-likeness (QED) is 0.918. The molecule has 1 aliphatic rings. The molecule has 0 saturated heterocycles. The summed E-state index contributed by atoms with van der Waals surface area (Å²) in [6.07, 6.45) is 7.45. The molecule has 1 heterocycles. The van der Waals surface area contributed by atoms with Crippen molar-refractivity contribution in [3.05, 3.63) is 24.0 Å². The van der Waals surface area contributed by atoms with E-state index < -0.39 is 10.0 Å². The molecule has 0 aliphatic heterocycles. The number of hydrogen-bond donors (Lipinski definition) is 1. The van der Waals surface area contributed by atoms with Gasteiger partial charge in [-0.3, -0.25) is 0 Å². The maximum absolute atomic E-state index is 12.4. The fourth-order valence-corrected chi connectivity index (χ4v) is 4.91. The van der Waals surface area contributed by atoms with E-state index in [-0.39, 0.29) is 16.6 Å². The molecule has 0 aromatic carbocycles. The molecule has 2 rings (SSSR count). The topological polar surface area (TPSA) is 82.8 Å². The van der Waals surface area contributed by atoms with Gasteiger partial charge in [-0.05, 0) is 31.2 Å². The number of thioether (sulfide) groups is 1. The first kappa shape index (κ1) is 15.3. The highest BCUT2D eigenvalue weighted by Gasteiger charge is 2.30. The van der Waals surface area contributed by atoms with E-state index in [1.54, 1.807) is 11.8 Å². The van der Waals surface area contributed by atoms with Gasteiger partial charge in [0.25, 0.3) is 0 Å². The molecule has 5 nitrogen and oxygen atoms in total. The monoisotopic (exact) mass is 311 g/mol. The van der Waals surface area contributed by atoms with Gasteiger partial charge in [0.2, 0.25) is 10.0 Å². The van der Waals surface area contributed by atoms with E-state index in [9.17, 15) is 8.42 Å². The zero-order valence-electron chi connectivity index (χ0n) is 11.2. The van der Waals surface area contributed by atoms with Gasteiger partial charge < -0.3 is 0 Å². The Morgan fingerprint density at radius 2 is 2.20 bits per heavy atom. The summed E-state index contributed by atoms with van der Waals surface area (Å²) in [5.74, 6) is 0. The summed E-state index contributed by atoms with van der Waals surface area (Å²) < 4.78 is 27.6. The molecule has 0 spiro atoms. The third-order valence-electron chi connectivity index (χ3n) is 3.48. The molecule has 1 saturated carbocycles. The predicted octanol–water partition coefficient (Wildman–Crippen LogP) is 1.91. The first-order valence-electron chi connectivity index (χ1n) is 6.48. The fourth-order valence-electron chi connectivity index (χ4n) is 2.47. The van der Waals surface area contributed by atoms with E-state index in [4.69, 9.17) is 5.26 Å². The Kier molecular flexibility index (Phi) is 5.02. The van der Waals surface area contributed by atoms with Gasteiger partial charge in [0, 0.05) is 17.5 Å². The first-order valence-corrected chi connectivity index (χ1v) is 9.26. The van der Waals surface area contributed by atoms with Gasteiger partial charge in [0.1, 0.15) is 11.0 Å². The molecule has 2 atom stereocenters. The van der Waals surface area contributed by atoms with Crippen LogP contribution in [0.25, 0.3) is 0 Å². The van der Waals surface area contributed by atoms with Crippen LogP contribution in [0.3, 0.4) is 0 Å². The molecule has 1 aromatic heterocycles. The minimum absolute atomic E-state index is 0.0343. The van der Waals surface area contributed by atoms with Crippen LogP contribution in [-0.4, -0.2) is 30.9 Å². The smallest absolute Gasteiger partial charge is 0.243 e. The highest BCUT2D eigenvalue weighted by atomic mass is 32.2. The summed E-state index contributed by atoms with van der Waals surface area (Å²) in [7, 11) is -3.69. The van der Waals surface area contributed by atoms with E-state index in [2.05, 4.69) is 9.71 Å². The molecule has 108 valence electrons. The van der Waals surface area contributed by atoms with Gasteiger partial charge in [0.05, 0.1) is 0 Å². The van der Waals surface area contributed by atoms with Crippen molar-refractivity contribution in [2.45, 2.75) is 41.9 Å². The van der Waals surface area contributed by atoms with Crippen molar-refractivity contribution >= 4 is 21.8 Å². The maximum Gasteiger partial charge on any atom is 0.243 e. The number of sulfonamides is 1. The summed E-state index contributed by atoms with van der Waals surface area (Å²) >= 11 is 1.69. The SMILES string of the molecule is CSC1CCCCC1NS(=O)(=O)c1cccnc1C#N. The van der Waals surface area contributed by atoms with Crippen LogP contribution in [0.4, 0.5) is 0 Å². The first-order chi connectivity index (χ1) is 9.58. The molecular weight excluding hydrogens is 294 g/mol. The number of nitriles is 1. The lowest BCUT2D eigenvalue weighted by Gasteiger charge is -2.30. The maximum atomic E-state index is 12.4. The van der Waals surface area contributed by atoms with E-state index in [1.165, 1.54) is 18.3 Å². The molecule has 20 heavy (non-hydrogen) atoms. The lowest BCUT2D eigenvalue weighted by molar-refractivity contribution is 0.423. The number of rotatable bonds is 4. The van der Waals surface area contributed by atoms with Gasteiger partial charge in [0.15, 0.2) is 5.69 Å². The van der Waals surface area contributed by atoms with Crippen LogP contribution in [-0.2, 0) is 10.0 Å². The Balaban J connectivity index is 2.25. The van der Waals surface area contributed by atoms with Crippen molar-refractivity contribution in [2.24, 2.45) is 0 Å². The van der Waals surface area contributed by atoms with Crippen molar-refractivity contribution in [3.8, 4) is 6.07 Å². The average Bonchev–Trinajstić information content (AvgIpc) is 2.47. The molecule has 1 aliphatic carbocycles. The van der Waals surface area contributed by atoms with E-state index in [1.807, 2.05) is 12.3 Å². The van der Waals surface area contributed by atoms with Crippen LogP contribution in [0.2, 0.25) is 0 Å². The summed E-state index contributed by atoms with van der Waals surface area (Å²) in [5, 5.41) is 9.27. The molecule has 0 radical (unpaired) electrons. The summed E-state index contributed by atoms with van der Waals surface area (Å²) in [4.78, 5) is 3.78. The van der Waals surface area contributed by atoms with Crippen LogP contribution >= 0.6 is 11.8 Å². The van der Waals surface area contributed by atoms with Gasteiger partial charge in [-0.2, -0.15) is 17.0 Å². The highest BCUT2D eigenvalue weighted by molar-refractivity contribution is 7.99. The van der Waals surface area contributed by atoms with Crippen LogP contribution in [0, 0.1) is 11.3 Å². The summed E-state index contributed by atoms with van der Waals surface area (Å²) in [5.41, 5.74) is -0.0588. The Morgan fingerprint density at radius 3 is 2.90 bits per heavy atom. The molecule has 1 fully saturated rings. The van der Waals surface area contributed by atoms with Crippen molar-refractivity contribution in [2.75, 3.05) is 6.26 Å². The van der Waals surface area contributed by atoms with Crippen molar-refractivity contribution in [1.29, 1.82) is 5.26 Å². The van der Waals surface area contributed by atoms with Crippen molar-refractivity contribution < 1.29 is 8.42 Å². The van der Waals surface area contributed by atoms with Gasteiger partial charge in [-0.25, -0.2) is 18.1 Å². The molecule has 2 unspecified atom stereocenters. The standard InChI is InChI=1S/C13H17N3O2S2/c1-19-12-6-3-2-5-10(12)16-20(17,18)13-7-4-8-15-11(13)9-14/h4,7-8,10,12,16H,2-3,5-6H2,1H3. The van der Waals surface area contributed by atoms with E-state index in [0.29, 0.717) is 5.25 Å². The highest BCUT2D eigenvalue weighted by Crippen LogP contribution is 2.28. The second-order valence-corrected chi connectivity index (χ2v) is 7.51. The van der Waals surface area contributed by atoms with Crippen LogP contribution in [0.5, 0.6) is 0 Å². The summed E-state index contributed by atoms with van der Waals surface area (Å²) in [6.45, 7) is 0. The zero-order valence-corrected chi connectivity index (χ0v) is 12.9. The predicted molar refractivity (Wildman–Crippen MR) is 78.8 cm³/mol. The second kappa shape index (κ2) is 6.57. The van der Waals surface area contributed by atoms with Gasteiger partial charge in [-0.1, -0.05) is 12.8 Å². The average molecular weight is 311 g/mol. The Bertz CT molecular complexity index is 610. The van der Waals surface area contributed by atoms with Gasteiger partial charge >= 0.3 is 0 Å². The second-order valence-electron chi connectivity index (χ2n) is 4.75. The number of nitrogens with zero attached hydrogens (tertiary/aromatic N) is 2. The van der Waals surface area contributed by atoms with Crippen LogP contribution in [0.15, 0.2) is 23.2 Å². The molecule has 7 heteroatoms. The molecule has 1 aromatic rings. The minimum Gasteiger partial charge on any atom is -0.244 e. The third-order valence-corrected chi connectivity index (χ3v) is 6.17. The third kappa shape index (κ3) is 3.32. The molecular formula is C13H17N3O2S2. The van der Waals surface area contributed by atoms with Crippen LogP contribution in [0.1, 0.15) is 31.4 Å². The van der Waals surface area contributed by atoms with Crippen molar-refractivity contribution in [1.82, 2.24) is 9.71 Å².